The van der Waals surface area contributed by atoms with Crippen LogP contribution in [-0.4, -0.2) is 9.38 Å². The zero-order valence-electron chi connectivity index (χ0n) is 29.3. The number of thiophene rings is 1. The highest BCUT2D eigenvalue weighted by Gasteiger charge is 2.19. The molecule has 2 nitrogen and oxygen atoms in total. The van der Waals surface area contributed by atoms with Crippen LogP contribution in [-0.2, 0) is 0 Å². The Morgan fingerprint density at radius 1 is 0.352 bits per heavy atom. The van der Waals surface area contributed by atoms with E-state index in [1.54, 1.807) is 0 Å². The first-order valence-corrected chi connectivity index (χ1v) is 19.2. The molecule has 0 saturated carbocycles. The Labute approximate surface area is 316 Å². The third kappa shape index (κ3) is 5.05. The Balaban J connectivity index is 0.995. The van der Waals surface area contributed by atoms with Crippen LogP contribution in [0.5, 0.6) is 0 Å². The van der Waals surface area contributed by atoms with E-state index in [2.05, 4.69) is 199 Å². The molecule has 3 aromatic heterocycles. The maximum absolute atomic E-state index is 5.22. The van der Waals surface area contributed by atoms with E-state index in [1.807, 2.05) is 11.3 Å². The molecule has 8 aromatic carbocycles. The van der Waals surface area contributed by atoms with E-state index >= 15 is 0 Å². The molecule has 3 heteroatoms. The molecule has 0 aliphatic heterocycles. The van der Waals surface area contributed by atoms with E-state index in [0.29, 0.717) is 0 Å². The van der Waals surface area contributed by atoms with Gasteiger partial charge in [0.1, 0.15) is 0 Å². The maximum Gasteiger partial charge on any atom is 0.156 e. The fourth-order valence-electron chi connectivity index (χ4n) is 8.07. The molecule has 0 N–H and O–H groups in total. The molecule has 0 radical (unpaired) electrons. The third-order valence-corrected chi connectivity index (χ3v) is 12.0. The summed E-state index contributed by atoms with van der Waals surface area (Å²) in [4.78, 5) is 5.22. The molecule has 3 heterocycles. The number of imidazole rings is 1. The predicted molar refractivity (Wildman–Crippen MR) is 230 cm³/mol. The molecule has 0 saturated heterocycles. The molecular formula is C51H32N2S. The van der Waals surface area contributed by atoms with Crippen LogP contribution < -0.4 is 0 Å². The van der Waals surface area contributed by atoms with E-state index in [9.17, 15) is 0 Å². The average Bonchev–Trinajstić information content (AvgIpc) is 3.83. The van der Waals surface area contributed by atoms with Crippen LogP contribution in [0.4, 0.5) is 0 Å². The minimum atomic E-state index is 1.01. The van der Waals surface area contributed by atoms with Crippen molar-refractivity contribution < 1.29 is 0 Å². The Bertz CT molecular complexity index is 3120. The van der Waals surface area contributed by atoms with Crippen LogP contribution in [0, 0.1) is 0 Å². The van der Waals surface area contributed by atoms with Crippen molar-refractivity contribution in [3.05, 3.63) is 194 Å². The van der Waals surface area contributed by atoms with Gasteiger partial charge >= 0.3 is 0 Å². The summed E-state index contributed by atoms with van der Waals surface area (Å²) in [5.41, 5.74) is 15.1. The second kappa shape index (κ2) is 12.4. The largest absolute Gasteiger partial charge is 0.291 e. The van der Waals surface area contributed by atoms with E-state index < -0.39 is 0 Å². The SMILES string of the molecule is c1ccc(-c2cc(-c3ccccc3)cc(-c3ccc(-c4ccc(-c5cc6c7ccc8ccccc8c7sc6c6nc7ccccc7n56)cc4)cc3)c2)cc1. The zero-order valence-corrected chi connectivity index (χ0v) is 30.1. The molecule has 0 amide bonds. The molecule has 0 aliphatic rings. The summed E-state index contributed by atoms with van der Waals surface area (Å²) in [5.74, 6) is 0. The van der Waals surface area contributed by atoms with Crippen molar-refractivity contribution in [2.75, 3.05) is 0 Å². The predicted octanol–water partition coefficient (Wildman–Crippen LogP) is 14.3. The van der Waals surface area contributed by atoms with Gasteiger partial charge in [0.25, 0.3) is 0 Å². The lowest BCUT2D eigenvalue weighted by Gasteiger charge is -2.12. The second-order valence-corrected chi connectivity index (χ2v) is 15.0. The van der Waals surface area contributed by atoms with Gasteiger partial charge in [-0.25, -0.2) is 4.98 Å². The summed E-state index contributed by atoms with van der Waals surface area (Å²) >= 11 is 1.85. The van der Waals surface area contributed by atoms with Crippen molar-refractivity contribution in [3.8, 4) is 55.8 Å². The molecule has 11 rings (SSSR count). The number of hydrogen-bond acceptors (Lipinski definition) is 2. The number of pyridine rings is 1. The van der Waals surface area contributed by atoms with Crippen LogP contribution in [0.1, 0.15) is 0 Å². The van der Waals surface area contributed by atoms with Gasteiger partial charge in [-0.15, -0.1) is 11.3 Å². The Morgan fingerprint density at radius 3 is 1.52 bits per heavy atom. The van der Waals surface area contributed by atoms with Gasteiger partial charge in [-0.3, -0.25) is 4.40 Å². The molecule has 252 valence electrons. The van der Waals surface area contributed by atoms with Gasteiger partial charge in [0.05, 0.1) is 21.4 Å². The van der Waals surface area contributed by atoms with Crippen LogP contribution in [0.2, 0.25) is 0 Å². The lowest BCUT2D eigenvalue weighted by atomic mass is 9.92. The molecule has 11 aromatic rings. The average molecular weight is 705 g/mol. The highest BCUT2D eigenvalue weighted by atomic mass is 32.1. The van der Waals surface area contributed by atoms with E-state index in [4.69, 9.17) is 4.98 Å². The van der Waals surface area contributed by atoms with Gasteiger partial charge in [0.2, 0.25) is 0 Å². The van der Waals surface area contributed by atoms with Gasteiger partial charge < -0.3 is 0 Å². The first kappa shape index (κ1) is 30.8. The number of fused-ring (bicyclic) bond motifs is 9. The lowest BCUT2D eigenvalue weighted by Crippen LogP contribution is -1.93. The highest BCUT2D eigenvalue weighted by molar-refractivity contribution is 7.27. The van der Waals surface area contributed by atoms with Crippen LogP contribution in [0.15, 0.2) is 194 Å². The fourth-order valence-corrected chi connectivity index (χ4v) is 9.36. The molecule has 0 spiro atoms. The molecule has 0 unspecified atom stereocenters. The second-order valence-electron chi connectivity index (χ2n) is 14.0. The highest BCUT2D eigenvalue weighted by Crippen LogP contribution is 2.43. The number of para-hydroxylation sites is 2. The van der Waals surface area contributed by atoms with Crippen LogP contribution >= 0.6 is 11.3 Å². The van der Waals surface area contributed by atoms with Crippen molar-refractivity contribution in [3.63, 3.8) is 0 Å². The van der Waals surface area contributed by atoms with Crippen molar-refractivity contribution in [2.24, 2.45) is 0 Å². The Kier molecular flexibility index (Phi) is 7.07. The zero-order chi connectivity index (χ0) is 35.6. The summed E-state index contributed by atoms with van der Waals surface area (Å²) in [6, 6.07) is 70.3. The van der Waals surface area contributed by atoms with E-state index in [0.717, 1.165) is 27.9 Å². The molecule has 0 atom stereocenters. The topological polar surface area (TPSA) is 17.3 Å². The summed E-state index contributed by atoms with van der Waals surface area (Å²) in [5, 5.41) is 5.10. The number of aromatic nitrogens is 2. The summed E-state index contributed by atoms with van der Waals surface area (Å²) in [7, 11) is 0. The van der Waals surface area contributed by atoms with Crippen molar-refractivity contribution in [1.82, 2.24) is 9.38 Å². The van der Waals surface area contributed by atoms with Gasteiger partial charge in [-0.1, -0.05) is 158 Å². The Hall–Kier alpha value is -6.81. The maximum atomic E-state index is 5.22. The first-order valence-electron chi connectivity index (χ1n) is 18.4. The number of rotatable bonds is 5. The third-order valence-electron chi connectivity index (χ3n) is 10.8. The number of benzene rings is 8. The van der Waals surface area contributed by atoms with Gasteiger partial charge in [0, 0.05) is 15.5 Å². The summed E-state index contributed by atoms with van der Waals surface area (Å²) in [6.45, 7) is 0. The van der Waals surface area contributed by atoms with Gasteiger partial charge in [-0.2, -0.15) is 0 Å². The van der Waals surface area contributed by atoms with Crippen LogP contribution in [0.25, 0.3) is 103 Å². The van der Waals surface area contributed by atoms with Crippen molar-refractivity contribution in [1.29, 1.82) is 0 Å². The van der Waals surface area contributed by atoms with Crippen LogP contribution in [0.3, 0.4) is 0 Å². The van der Waals surface area contributed by atoms with Gasteiger partial charge in [-0.05, 0) is 97.2 Å². The molecular weight excluding hydrogens is 673 g/mol. The van der Waals surface area contributed by atoms with Crippen molar-refractivity contribution in [2.45, 2.75) is 0 Å². The number of nitrogens with zero attached hydrogens (tertiary/aromatic N) is 2. The van der Waals surface area contributed by atoms with E-state index in [-0.39, 0.29) is 0 Å². The normalized spacial score (nSPS) is 11.7. The monoisotopic (exact) mass is 704 g/mol. The molecule has 0 aliphatic carbocycles. The fraction of sp³-hybridized carbons (Fsp3) is 0. The molecule has 54 heavy (non-hydrogen) atoms. The van der Waals surface area contributed by atoms with Gasteiger partial charge in [0.15, 0.2) is 5.65 Å². The quantitative estimate of drug-likeness (QED) is 0.174. The first-order chi connectivity index (χ1) is 26.7. The Morgan fingerprint density at radius 2 is 0.870 bits per heavy atom. The minimum absolute atomic E-state index is 1.01. The molecule has 0 bridgehead atoms. The standard InChI is InChI=1S/C51H32N2S/c1-3-11-33(12-4-1)40-29-41(34-13-5-2-6-14-34)31-42(30-40)37-21-19-35(20-22-37)36-23-25-39(26-24-36)48-32-45-44-28-27-38-15-7-8-16-43(38)49(44)54-50(45)51-52-46-17-9-10-18-47(46)53(48)51/h1-32H. The smallest absolute Gasteiger partial charge is 0.156 e. The number of hydrogen-bond donors (Lipinski definition) is 0. The van der Waals surface area contributed by atoms with E-state index in [1.165, 1.54) is 75.5 Å². The summed E-state index contributed by atoms with van der Waals surface area (Å²) in [6.07, 6.45) is 0. The van der Waals surface area contributed by atoms with Crippen molar-refractivity contribution >= 4 is 59.0 Å². The summed E-state index contributed by atoms with van der Waals surface area (Å²) < 4.78 is 4.89. The minimum Gasteiger partial charge on any atom is -0.291 e. The lowest BCUT2D eigenvalue weighted by molar-refractivity contribution is 1.25. The molecule has 0 fully saturated rings.